The van der Waals surface area contributed by atoms with Crippen LogP contribution >= 0.6 is 0 Å². The normalized spacial score (nSPS) is 22.8. The van der Waals surface area contributed by atoms with E-state index in [1.165, 1.54) is 5.56 Å². The van der Waals surface area contributed by atoms with Crippen molar-refractivity contribution in [2.24, 2.45) is 0 Å². The number of nitrogens with one attached hydrogen (secondary N) is 1. The number of para-hydroxylation sites is 1. The smallest absolute Gasteiger partial charge is 0.146 e. The molecule has 0 unspecified atom stereocenters. The van der Waals surface area contributed by atoms with E-state index in [-0.39, 0.29) is 5.54 Å². The molecule has 0 saturated carbocycles. The van der Waals surface area contributed by atoms with Gasteiger partial charge >= 0.3 is 0 Å². The lowest BCUT2D eigenvalue weighted by molar-refractivity contribution is 0.0356. The molecule has 1 saturated heterocycles. The van der Waals surface area contributed by atoms with E-state index < -0.39 is 0 Å². The Labute approximate surface area is 121 Å². The van der Waals surface area contributed by atoms with Crippen molar-refractivity contribution in [3.8, 4) is 5.75 Å². The molecular weight excluding hydrogens is 250 g/mol. The van der Waals surface area contributed by atoms with Crippen LogP contribution in [0.25, 0.3) is 0 Å². The summed E-state index contributed by atoms with van der Waals surface area (Å²) < 4.78 is 5.87. The van der Waals surface area contributed by atoms with E-state index in [1.807, 2.05) is 0 Å². The van der Waals surface area contributed by atoms with Crippen molar-refractivity contribution >= 4 is 5.69 Å². The van der Waals surface area contributed by atoms with Crippen molar-refractivity contribution in [3.05, 3.63) is 23.8 Å². The van der Waals surface area contributed by atoms with Gasteiger partial charge in [-0.25, -0.2) is 0 Å². The molecule has 2 heterocycles. The highest BCUT2D eigenvalue weighted by Gasteiger charge is 2.31. The lowest BCUT2D eigenvalue weighted by atomic mass is 9.99. The van der Waals surface area contributed by atoms with E-state index in [0.29, 0.717) is 0 Å². The van der Waals surface area contributed by atoms with Gasteiger partial charge in [0.1, 0.15) is 12.4 Å². The molecule has 110 valence electrons. The van der Waals surface area contributed by atoms with Gasteiger partial charge in [-0.2, -0.15) is 0 Å². The lowest BCUT2D eigenvalue weighted by Gasteiger charge is -2.45. The van der Waals surface area contributed by atoms with Gasteiger partial charge in [0, 0.05) is 43.8 Å². The first-order valence-corrected chi connectivity index (χ1v) is 7.48. The minimum absolute atomic E-state index is 0.242. The minimum Gasteiger partial charge on any atom is -0.489 e. The van der Waals surface area contributed by atoms with E-state index >= 15 is 0 Å². The number of anilines is 1. The maximum Gasteiger partial charge on any atom is 0.146 e. The Morgan fingerprint density at radius 3 is 2.95 bits per heavy atom. The third-order valence-corrected chi connectivity index (χ3v) is 4.55. The van der Waals surface area contributed by atoms with E-state index in [4.69, 9.17) is 4.74 Å². The number of hydrogen-bond donors (Lipinski definition) is 1. The molecule has 3 rings (SSSR count). The predicted molar refractivity (Wildman–Crippen MR) is 82.4 cm³/mol. The zero-order valence-corrected chi connectivity index (χ0v) is 12.8. The summed E-state index contributed by atoms with van der Waals surface area (Å²) in [5, 5.41) is 3.41. The summed E-state index contributed by atoms with van der Waals surface area (Å²) in [5.74, 6) is 1.05. The molecule has 4 nitrogen and oxygen atoms in total. The Hall–Kier alpha value is -1.26. The molecule has 0 radical (unpaired) electrons. The minimum atomic E-state index is 0.242. The van der Waals surface area contributed by atoms with Crippen LogP contribution in [-0.4, -0.2) is 55.2 Å². The molecule has 1 fully saturated rings. The van der Waals surface area contributed by atoms with Crippen LogP contribution in [0.1, 0.15) is 19.4 Å². The van der Waals surface area contributed by atoms with Crippen LogP contribution in [0.15, 0.2) is 18.2 Å². The topological polar surface area (TPSA) is 27.7 Å². The molecule has 0 amide bonds. The maximum absolute atomic E-state index is 5.87. The van der Waals surface area contributed by atoms with Crippen LogP contribution in [0.5, 0.6) is 5.75 Å². The van der Waals surface area contributed by atoms with Crippen LogP contribution in [0.4, 0.5) is 5.69 Å². The van der Waals surface area contributed by atoms with E-state index in [0.717, 1.165) is 50.8 Å². The molecule has 2 aliphatic rings. The Balaban J connectivity index is 1.75. The van der Waals surface area contributed by atoms with Gasteiger partial charge in [0.25, 0.3) is 0 Å². The average molecular weight is 275 g/mol. The Kier molecular flexibility index (Phi) is 3.61. The van der Waals surface area contributed by atoms with Crippen molar-refractivity contribution in [3.63, 3.8) is 0 Å². The zero-order chi connectivity index (χ0) is 14.2. The first-order chi connectivity index (χ1) is 9.56. The number of hydrogen-bond acceptors (Lipinski definition) is 4. The Morgan fingerprint density at radius 1 is 1.30 bits per heavy atom. The van der Waals surface area contributed by atoms with E-state index in [1.54, 1.807) is 0 Å². The average Bonchev–Trinajstić information content (AvgIpc) is 2.43. The number of fused-ring (bicyclic) bond motifs is 1. The quantitative estimate of drug-likeness (QED) is 0.893. The molecule has 0 aliphatic carbocycles. The third kappa shape index (κ3) is 2.63. The fourth-order valence-corrected chi connectivity index (χ4v) is 3.07. The highest BCUT2D eigenvalue weighted by molar-refractivity contribution is 5.61. The van der Waals surface area contributed by atoms with Gasteiger partial charge < -0.3 is 10.1 Å². The summed E-state index contributed by atoms with van der Waals surface area (Å²) in [4.78, 5) is 4.98. The molecule has 20 heavy (non-hydrogen) atoms. The van der Waals surface area contributed by atoms with Crippen molar-refractivity contribution in [1.29, 1.82) is 0 Å². The summed E-state index contributed by atoms with van der Waals surface area (Å²) >= 11 is 0. The van der Waals surface area contributed by atoms with Crippen LogP contribution < -0.4 is 10.1 Å². The molecule has 0 atom stereocenters. The molecule has 1 aromatic rings. The van der Waals surface area contributed by atoms with Gasteiger partial charge in [-0.3, -0.25) is 9.80 Å². The zero-order valence-electron chi connectivity index (χ0n) is 12.8. The summed E-state index contributed by atoms with van der Waals surface area (Å²) in [7, 11) is 2.22. The molecule has 0 aromatic heterocycles. The molecule has 0 spiro atoms. The SMILES string of the molecule is CN1CCN(Cc2cccc3c2OCCN3)CC1(C)C. The van der Waals surface area contributed by atoms with Crippen LogP contribution in [0.3, 0.4) is 0 Å². The largest absolute Gasteiger partial charge is 0.489 e. The summed E-state index contributed by atoms with van der Waals surface area (Å²) in [6, 6.07) is 6.42. The molecule has 2 aliphatic heterocycles. The fourth-order valence-electron chi connectivity index (χ4n) is 3.07. The number of ether oxygens (including phenoxy) is 1. The number of likely N-dealkylation sites (N-methyl/N-ethyl adjacent to an activating group) is 1. The second-order valence-corrected chi connectivity index (χ2v) is 6.51. The van der Waals surface area contributed by atoms with Crippen molar-refractivity contribution in [2.45, 2.75) is 25.9 Å². The summed E-state index contributed by atoms with van der Waals surface area (Å²) in [6.07, 6.45) is 0. The number of rotatable bonds is 2. The molecule has 0 bridgehead atoms. The van der Waals surface area contributed by atoms with Crippen LogP contribution in [-0.2, 0) is 6.54 Å². The summed E-state index contributed by atoms with van der Waals surface area (Å²) in [5.41, 5.74) is 2.68. The summed E-state index contributed by atoms with van der Waals surface area (Å²) in [6.45, 7) is 10.6. The molecule has 4 heteroatoms. The van der Waals surface area contributed by atoms with E-state index in [2.05, 4.69) is 54.2 Å². The fraction of sp³-hybridized carbons (Fsp3) is 0.625. The van der Waals surface area contributed by atoms with Gasteiger partial charge in [0.05, 0.1) is 5.69 Å². The molecule has 1 N–H and O–H groups in total. The van der Waals surface area contributed by atoms with Gasteiger partial charge in [-0.05, 0) is 27.0 Å². The van der Waals surface area contributed by atoms with Gasteiger partial charge in [0.15, 0.2) is 0 Å². The Morgan fingerprint density at radius 2 is 2.15 bits per heavy atom. The molecule has 1 aromatic carbocycles. The van der Waals surface area contributed by atoms with Crippen molar-refractivity contribution < 1.29 is 4.74 Å². The highest BCUT2D eigenvalue weighted by Crippen LogP contribution is 2.32. The maximum atomic E-state index is 5.87. The van der Waals surface area contributed by atoms with Crippen LogP contribution in [0, 0.1) is 0 Å². The van der Waals surface area contributed by atoms with Crippen LogP contribution in [0.2, 0.25) is 0 Å². The van der Waals surface area contributed by atoms with Crippen molar-refractivity contribution in [2.75, 3.05) is 45.2 Å². The lowest BCUT2D eigenvalue weighted by Crippen LogP contribution is -2.57. The standard InChI is InChI=1S/C16H25N3O/c1-16(2)12-19(9-8-18(16)3)11-13-5-4-6-14-15(13)20-10-7-17-14/h4-6,17H,7-12H2,1-3H3. The van der Waals surface area contributed by atoms with Gasteiger partial charge in [0.2, 0.25) is 0 Å². The number of piperazine rings is 1. The highest BCUT2D eigenvalue weighted by atomic mass is 16.5. The second-order valence-electron chi connectivity index (χ2n) is 6.51. The number of nitrogens with zero attached hydrogens (tertiary/aromatic N) is 2. The third-order valence-electron chi connectivity index (χ3n) is 4.55. The van der Waals surface area contributed by atoms with E-state index in [9.17, 15) is 0 Å². The predicted octanol–water partition coefficient (Wildman–Crippen LogP) is 2.02. The second kappa shape index (κ2) is 5.26. The number of benzene rings is 1. The first-order valence-electron chi connectivity index (χ1n) is 7.48. The first kappa shape index (κ1) is 13.7. The molecular formula is C16H25N3O. The van der Waals surface area contributed by atoms with Gasteiger partial charge in [-0.15, -0.1) is 0 Å². The monoisotopic (exact) mass is 275 g/mol. The Bertz CT molecular complexity index is 487. The van der Waals surface area contributed by atoms with Gasteiger partial charge in [-0.1, -0.05) is 12.1 Å². The van der Waals surface area contributed by atoms with Crippen molar-refractivity contribution in [1.82, 2.24) is 9.80 Å².